The van der Waals surface area contributed by atoms with Crippen LogP contribution in [0, 0.1) is 39.3 Å². The number of aryl methyl sites for hydroxylation is 4. The van der Waals surface area contributed by atoms with Crippen LogP contribution in [0.15, 0.2) is 237 Å². The van der Waals surface area contributed by atoms with E-state index in [1.165, 1.54) is 74.6 Å². The van der Waals surface area contributed by atoms with Crippen LogP contribution in [0.2, 0.25) is 0 Å². The zero-order valence-corrected chi connectivity index (χ0v) is 59.9. The number of fused-ring (bicyclic) bond motifs is 5. The number of para-hydroxylation sites is 5. The van der Waals surface area contributed by atoms with Gasteiger partial charge in [-0.25, -0.2) is 8.78 Å². The van der Waals surface area contributed by atoms with E-state index in [-0.39, 0.29) is 62.2 Å². The third-order valence-electron chi connectivity index (χ3n) is 17.2. The number of nitrogens with zero attached hydrogens (tertiary/aromatic N) is 10. The summed E-state index contributed by atoms with van der Waals surface area (Å²) >= 11 is 0. The summed E-state index contributed by atoms with van der Waals surface area (Å²) in [5.74, 6) is -3.04. The first-order valence-electron chi connectivity index (χ1n) is 33.7. The lowest BCUT2D eigenvalue weighted by Crippen LogP contribution is -2.12. The molecule has 0 saturated carbocycles. The van der Waals surface area contributed by atoms with Crippen LogP contribution in [-0.4, -0.2) is 114 Å². The number of esters is 5. The number of carbonyl (C=O) groups is 5. The number of ether oxygens (including phenoxy) is 5. The van der Waals surface area contributed by atoms with Crippen molar-refractivity contribution in [2.45, 2.75) is 60.4 Å². The van der Waals surface area contributed by atoms with Gasteiger partial charge in [0.1, 0.15) is 72.8 Å². The Morgan fingerprint density at radius 1 is 0.283 bits per heavy atom. The molecule has 0 aliphatic rings. The van der Waals surface area contributed by atoms with Gasteiger partial charge < -0.3 is 23.7 Å². The molecule has 0 saturated heterocycles. The first-order valence-corrected chi connectivity index (χ1v) is 33.7. The number of benzene rings is 10. The van der Waals surface area contributed by atoms with Gasteiger partial charge in [-0.05, 0) is 94.4 Å². The average Bonchev–Trinajstić information content (AvgIpc) is 1.65. The summed E-state index contributed by atoms with van der Waals surface area (Å²) in [4.78, 5) is 57.6. The number of carbonyl (C=O) groups excluding carboxylic acids is 5. The van der Waals surface area contributed by atoms with Crippen LogP contribution in [0.5, 0.6) is 0 Å². The Morgan fingerprint density at radius 2 is 0.509 bits per heavy atom. The summed E-state index contributed by atoms with van der Waals surface area (Å²) in [5.41, 5.74) is 17.4. The molecule has 0 fully saturated rings. The SMILES string of the molecule is COC(=O)Cn1nc(-c2ccc(F)cc2F)c2ccccc21.COC(=O)Cn1nc(-c2cccc(C)c2)c2ccccc21.COC(=O)Cn1nc(-c2cccc(C)c2)c2ccccc21.COC(=O)Cn1nc(-c2cccc(C)c2)c2ccccc21.COC(=O)Cn1nc(-c2cccc(C)c2)c2ccccc21. The molecule has 10 aromatic carbocycles. The number of hydrogen-bond acceptors (Lipinski definition) is 15. The average molecular weight is 1420 g/mol. The molecule has 5 aromatic heterocycles. The van der Waals surface area contributed by atoms with Crippen molar-refractivity contribution in [1.29, 1.82) is 0 Å². The summed E-state index contributed by atoms with van der Waals surface area (Å²) in [6, 6.07) is 74.8. The highest BCUT2D eigenvalue weighted by molar-refractivity contribution is 5.98. The van der Waals surface area contributed by atoms with Gasteiger partial charge in [0, 0.05) is 60.8 Å². The zero-order valence-electron chi connectivity index (χ0n) is 59.9. The van der Waals surface area contributed by atoms with Crippen molar-refractivity contribution in [2.24, 2.45) is 0 Å². The molecule has 106 heavy (non-hydrogen) atoms. The molecule has 536 valence electrons. The summed E-state index contributed by atoms with van der Waals surface area (Å²) in [6.07, 6.45) is 0. The molecule has 0 amide bonds. The van der Waals surface area contributed by atoms with Gasteiger partial charge in [-0.1, -0.05) is 186 Å². The maximum Gasteiger partial charge on any atom is 0.327 e. The van der Waals surface area contributed by atoms with Crippen LogP contribution < -0.4 is 0 Å². The maximum atomic E-state index is 14.0. The minimum Gasteiger partial charge on any atom is -0.468 e. The number of rotatable bonds is 15. The fraction of sp³-hybridized carbons (Fsp3) is 0.167. The molecular weight excluding hydrogens is 1350 g/mol. The minimum atomic E-state index is -0.700. The highest BCUT2D eigenvalue weighted by Gasteiger charge is 2.21. The van der Waals surface area contributed by atoms with Crippen LogP contribution in [0.1, 0.15) is 22.3 Å². The molecule has 5 heterocycles. The lowest BCUT2D eigenvalue weighted by atomic mass is 10.1. The Kier molecular flexibility index (Phi) is 23.8. The maximum absolute atomic E-state index is 14.0. The van der Waals surface area contributed by atoms with E-state index in [4.69, 9.17) is 18.9 Å². The molecule has 0 spiro atoms. The van der Waals surface area contributed by atoms with Crippen LogP contribution in [-0.2, 0) is 80.4 Å². The third-order valence-corrected chi connectivity index (χ3v) is 17.2. The summed E-state index contributed by atoms with van der Waals surface area (Å²) < 4.78 is 58.9. The van der Waals surface area contributed by atoms with Crippen molar-refractivity contribution < 1.29 is 56.4 Å². The Labute approximate surface area is 609 Å². The Hall–Kier alpha value is -13.2. The number of halogens is 2. The van der Waals surface area contributed by atoms with Crippen LogP contribution >= 0.6 is 0 Å². The van der Waals surface area contributed by atoms with Crippen molar-refractivity contribution in [1.82, 2.24) is 48.9 Å². The molecule has 0 aliphatic heterocycles. The number of aromatic nitrogens is 10. The second kappa shape index (κ2) is 34.2. The second-order valence-corrected chi connectivity index (χ2v) is 24.6. The third kappa shape index (κ3) is 17.4. The van der Waals surface area contributed by atoms with E-state index < -0.39 is 17.6 Å². The van der Waals surface area contributed by atoms with E-state index >= 15 is 0 Å². The molecule has 15 rings (SSSR count). The molecule has 15 aromatic rings. The van der Waals surface area contributed by atoms with Crippen molar-refractivity contribution in [3.8, 4) is 56.3 Å². The predicted molar refractivity (Wildman–Crippen MR) is 405 cm³/mol. The largest absolute Gasteiger partial charge is 0.468 e. The molecule has 0 aliphatic carbocycles. The van der Waals surface area contributed by atoms with Crippen molar-refractivity contribution >= 4 is 84.4 Å². The van der Waals surface area contributed by atoms with Crippen LogP contribution in [0.25, 0.3) is 111 Å². The Balaban J connectivity index is 0.000000132. The van der Waals surface area contributed by atoms with Crippen molar-refractivity contribution in [2.75, 3.05) is 35.5 Å². The van der Waals surface area contributed by atoms with Gasteiger partial charge in [0.05, 0.1) is 63.1 Å². The van der Waals surface area contributed by atoms with Gasteiger partial charge in [0.25, 0.3) is 0 Å². The Bertz CT molecular complexity index is 5140. The van der Waals surface area contributed by atoms with Crippen LogP contribution in [0.3, 0.4) is 0 Å². The molecular formula is C84H76F2N10O10. The van der Waals surface area contributed by atoms with E-state index in [0.29, 0.717) is 16.6 Å². The van der Waals surface area contributed by atoms with E-state index in [9.17, 15) is 32.8 Å². The minimum absolute atomic E-state index is 0.0835. The first-order chi connectivity index (χ1) is 51.3. The van der Waals surface area contributed by atoms with E-state index in [1.54, 1.807) is 43.0 Å². The molecule has 0 bridgehead atoms. The highest BCUT2D eigenvalue weighted by atomic mass is 19.1. The topological polar surface area (TPSA) is 221 Å². The molecule has 0 unspecified atom stereocenters. The predicted octanol–water partition coefficient (Wildman–Crippen LogP) is 15.9. The monoisotopic (exact) mass is 1420 g/mol. The molecule has 0 atom stereocenters. The fourth-order valence-electron chi connectivity index (χ4n) is 12.1. The van der Waals surface area contributed by atoms with Gasteiger partial charge in [0.15, 0.2) is 0 Å². The van der Waals surface area contributed by atoms with E-state index in [2.05, 4.69) is 106 Å². The molecule has 0 N–H and O–H groups in total. The van der Waals surface area contributed by atoms with Gasteiger partial charge in [-0.2, -0.15) is 25.5 Å². The number of methoxy groups -OCH3 is 5. The highest BCUT2D eigenvalue weighted by Crippen LogP contribution is 2.34. The Morgan fingerprint density at radius 3 is 0.736 bits per heavy atom. The molecule has 0 radical (unpaired) electrons. The first kappa shape index (κ1) is 74.0. The van der Waals surface area contributed by atoms with E-state index in [0.717, 1.165) is 94.7 Å². The lowest BCUT2D eigenvalue weighted by Gasteiger charge is -2.01. The standard InChI is InChI=1S/4C17H16N2O2.C16H12F2N2O2/c4*1-12-6-5-7-13(10-12)17-14-8-3-4-9-15(14)19(18-17)11-16(20)21-2;1-22-15(21)9-20-14-5-3-2-4-12(14)16(19-20)11-7-6-10(17)8-13(11)18/h4*3-10H,11H2,1-2H3;2-8H,9H2,1H3. The smallest absolute Gasteiger partial charge is 0.327 e. The normalized spacial score (nSPS) is 10.8. The molecule has 20 nitrogen and oxygen atoms in total. The van der Waals surface area contributed by atoms with Crippen LogP contribution in [0.4, 0.5) is 8.78 Å². The van der Waals surface area contributed by atoms with Gasteiger partial charge >= 0.3 is 29.8 Å². The van der Waals surface area contributed by atoms with Crippen molar-refractivity contribution in [3.63, 3.8) is 0 Å². The summed E-state index contributed by atoms with van der Waals surface area (Å²) in [6.45, 7) is 8.58. The van der Waals surface area contributed by atoms with Gasteiger partial charge in [0.2, 0.25) is 0 Å². The second-order valence-electron chi connectivity index (χ2n) is 24.6. The quantitative estimate of drug-likeness (QED) is 0.0688. The van der Waals surface area contributed by atoms with Gasteiger partial charge in [-0.3, -0.25) is 47.4 Å². The van der Waals surface area contributed by atoms with Gasteiger partial charge in [-0.15, -0.1) is 0 Å². The summed E-state index contributed by atoms with van der Waals surface area (Å²) in [5, 5.41) is 27.5. The lowest BCUT2D eigenvalue weighted by molar-refractivity contribution is -0.142. The van der Waals surface area contributed by atoms with Crippen molar-refractivity contribution in [3.05, 3.63) is 270 Å². The zero-order chi connectivity index (χ0) is 75.0. The fourth-order valence-corrected chi connectivity index (χ4v) is 12.1. The van der Waals surface area contributed by atoms with E-state index in [1.807, 2.05) is 146 Å². The summed E-state index contributed by atoms with van der Waals surface area (Å²) in [7, 11) is 6.82. The molecule has 22 heteroatoms. The number of hydrogen-bond donors (Lipinski definition) is 0.